The van der Waals surface area contributed by atoms with Crippen molar-refractivity contribution in [1.82, 2.24) is 19.8 Å². The zero-order valence-corrected chi connectivity index (χ0v) is 12.8. The van der Waals surface area contributed by atoms with Crippen LogP contribution >= 0.6 is 11.5 Å². The van der Waals surface area contributed by atoms with E-state index in [0.717, 1.165) is 17.1 Å². The molecule has 2 aromatic rings. The summed E-state index contributed by atoms with van der Waals surface area (Å²) in [6, 6.07) is 9.92. The van der Waals surface area contributed by atoms with Crippen LogP contribution < -0.4 is 5.32 Å². The van der Waals surface area contributed by atoms with E-state index < -0.39 is 0 Å². The van der Waals surface area contributed by atoms with E-state index in [4.69, 9.17) is 0 Å². The standard InChI is InChI=1S/C15H16N4O2S/c20-14-6-12(7-16-15(21)13-8-17-18-22-13)10-19(14)9-11-4-2-1-3-5-11/h1-5,8,12H,6-7,9-10H2,(H,16,21)/t12-/m0/s1. The molecule has 1 N–H and O–H groups in total. The molecule has 1 fully saturated rings. The quantitative estimate of drug-likeness (QED) is 0.902. The van der Waals surface area contributed by atoms with Gasteiger partial charge in [0, 0.05) is 32.0 Å². The van der Waals surface area contributed by atoms with Crippen molar-refractivity contribution in [2.75, 3.05) is 13.1 Å². The molecule has 7 heteroatoms. The molecule has 1 aromatic carbocycles. The Kier molecular flexibility index (Phi) is 4.43. The van der Waals surface area contributed by atoms with Crippen LogP contribution in [0.2, 0.25) is 0 Å². The average Bonchev–Trinajstić information content (AvgIpc) is 3.17. The predicted molar refractivity (Wildman–Crippen MR) is 82.2 cm³/mol. The van der Waals surface area contributed by atoms with Gasteiger partial charge < -0.3 is 10.2 Å². The van der Waals surface area contributed by atoms with Crippen LogP contribution in [0.25, 0.3) is 0 Å². The van der Waals surface area contributed by atoms with Gasteiger partial charge >= 0.3 is 0 Å². The largest absolute Gasteiger partial charge is 0.351 e. The number of aromatic nitrogens is 2. The summed E-state index contributed by atoms with van der Waals surface area (Å²) in [6.45, 7) is 1.80. The summed E-state index contributed by atoms with van der Waals surface area (Å²) in [5, 5.41) is 6.48. The Bertz CT molecular complexity index is 645. The number of amides is 2. The molecule has 0 unspecified atom stereocenters. The summed E-state index contributed by atoms with van der Waals surface area (Å²) < 4.78 is 3.66. The van der Waals surface area contributed by atoms with E-state index in [1.165, 1.54) is 6.20 Å². The van der Waals surface area contributed by atoms with Gasteiger partial charge in [-0.3, -0.25) is 9.59 Å². The van der Waals surface area contributed by atoms with Gasteiger partial charge in [-0.15, -0.1) is 5.10 Å². The third-order valence-corrected chi connectivity index (χ3v) is 4.31. The van der Waals surface area contributed by atoms with E-state index in [1.807, 2.05) is 35.2 Å². The van der Waals surface area contributed by atoms with Crippen LogP contribution in [-0.4, -0.2) is 39.4 Å². The maximum absolute atomic E-state index is 12.1. The molecule has 0 spiro atoms. The van der Waals surface area contributed by atoms with Crippen molar-refractivity contribution in [1.29, 1.82) is 0 Å². The summed E-state index contributed by atoms with van der Waals surface area (Å²) in [4.78, 5) is 26.2. The van der Waals surface area contributed by atoms with Gasteiger partial charge in [0.05, 0.1) is 6.20 Å². The van der Waals surface area contributed by atoms with Gasteiger partial charge in [-0.25, -0.2) is 0 Å². The molecule has 2 heterocycles. The number of benzene rings is 1. The molecule has 3 rings (SSSR count). The normalized spacial score (nSPS) is 17.7. The molecule has 1 saturated heterocycles. The molecule has 0 saturated carbocycles. The summed E-state index contributed by atoms with van der Waals surface area (Å²) in [6.07, 6.45) is 1.93. The van der Waals surface area contributed by atoms with Crippen LogP contribution in [0.3, 0.4) is 0 Å². The van der Waals surface area contributed by atoms with Gasteiger partial charge in [0.1, 0.15) is 4.88 Å². The summed E-state index contributed by atoms with van der Waals surface area (Å²) in [5.41, 5.74) is 1.12. The number of carbonyl (C=O) groups is 2. The minimum atomic E-state index is -0.177. The first kappa shape index (κ1) is 14.6. The second-order valence-corrected chi connectivity index (χ2v) is 6.11. The Morgan fingerprint density at radius 2 is 2.18 bits per heavy atom. The van der Waals surface area contributed by atoms with Crippen molar-refractivity contribution in [2.24, 2.45) is 5.92 Å². The Morgan fingerprint density at radius 3 is 2.91 bits per heavy atom. The van der Waals surface area contributed by atoms with Crippen molar-refractivity contribution in [3.05, 3.63) is 47.0 Å². The predicted octanol–water partition coefficient (Wildman–Crippen LogP) is 1.32. The lowest BCUT2D eigenvalue weighted by molar-refractivity contribution is -0.128. The van der Waals surface area contributed by atoms with Crippen molar-refractivity contribution in [2.45, 2.75) is 13.0 Å². The third kappa shape index (κ3) is 3.48. The zero-order chi connectivity index (χ0) is 15.4. The molecule has 1 aromatic heterocycles. The van der Waals surface area contributed by atoms with E-state index in [-0.39, 0.29) is 17.7 Å². The fourth-order valence-electron chi connectivity index (χ4n) is 2.54. The lowest BCUT2D eigenvalue weighted by Crippen LogP contribution is -2.30. The number of carbonyl (C=O) groups excluding carboxylic acids is 2. The molecule has 0 aliphatic carbocycles. The molecule has 1 aliphatic rings. The Hall–Kier alpha value is -2.28. The second-order valence-electron chi connectivity index (χ2n) is 5.32. The van der Waals surface area contributed by atoms with Crippen molar-refractivity contribution >= 4 is 23.3 Å². The Morgan fingerprint density at radius 1 is 1.36 bits per heavy atom. The van der Waals surface area contributed by atoms with E-state index in [1.54, 1.807) is 0 Å². The zero-order valence-electron chi connectivity index (χ0n) is 11.9. The summed E-state index contributed by atoms with van der Waals surface area (Å²) in [7, 11) is 0. The SMILES string of the molecule is O=C(NC[C@@H]1CC(=O)N(Cc2ccccc2)C1)c1cnns1. The second kappa shape index (κ2) is 6.65. The molecular weight excluding hydrogens is 300 g/mol. The lowest BCUT2D eigenvalue weighted by atomic mass is 10.1. The van der Waals surface area contributed by atoms with Crippen molar-refractivity contribution < 1.29 is 9.59 Å². The van der Waals surface area contributed by atoms with Gasteiger partial charge in [-0.1, -0.05) is 34.8 Å². The number of rotatable bonds is 5. The van der Waals surface area contributed by atoms with Crippen LogP contribution in [0, 0.1) is 5.92 Å². The number of nitrogens with one attached hydrogen (secondary N) is 1. The highest BCUT2D eigenvalue weighted by molar-refractivity contribution is 7.07. The molecule has 22 heavy (non-hydrogen) atoms. The molecule has 0 bridgehead atoms. The van der Waals surface area contributed by atoms with Gasteiger partial charge in [-0.2, -0.15) is 0 Å². The van der Waals surface area contributed by atoms with Gasteiger partial charge in [0.25, 0.3) is 5.91 Å². The Balaban J connectivity index is 1.50. The maximum atomic E-state index is 12.1. The summed E-state index contributed by atoms with van der Waals surface area (Å²) in [5.74, 6) is 0.118. The molecule has 6 nitrogen and oxygen atoms in total. The first-order valence-electron chi connectivity index (χ1n) is 7.09. The first-order valence-corrected chi connectivity index (χ1v) is 7.87. The van der Waals surface area contributed by atoms with E-state index in [0.29, 0.717) is 30.9 Å². The molecule has 114 valence electrons. The molecule has 0 radical (unpaired) electrons. The molecular formula is C15H16N4O2S. The smallest absolute Gasteiger partial charge is 0.264 e. The number of hydrogen-bond acceptors (Lipinski definition) is 5. The van der Waals surface area contributed by atoms with Gasteiger partial charge in [0.2, 0.25) is 5.91 Å². The highest BCUT2D eigenvalue weighted by Crippen LogP contribution is 2.19. The summed E-state index contributed by atoms with van der Waals surface area (Å²) >= 11 is 1.07. The fourth-order valence-corrected chi connectivity index (χ4v) is 2.97. The van der Waals surface area contributed by atoms with Gasteiger partial charge in [0.15, 0.2) is 0 Å². The van der Waals surface area contributed by atoms with E-state index >= 15 is 0 Å². The minimum absolute atomic E-state index is 0.141. The van der Waals surface area contributed by atoms with Crippen LogP contribution in [0.4, 0.5) is 0 Å². The van der Waals surface area contributed by atoms with Crippen molar-refractivity contribution in [3.8, 4) is 0 Å². The van der Waals surface area contributed by atoms with Crippen molar-refractivity contribution in [3.63, 3.8) is 0 Å². The number of likely N-dealkylation sites (tertiary alicyclic amines) is 1. The monoisotopic (exact) mass is 316 g/mol. The van der Waals surface area contributed by atoms with E-state index in [9.17, 15) is 9.59 Å². The van der Waals surface area contributed by atoms with E-state index in [2.05, 4.69) is 14.9 Å². The van der Waals surface area contributed by atoms with Crippen LogP contribution in [0.5, 0.6) is 0 Å². The topological polar surface area (TPSA) is 75.2 Å². The Labute approximate surface area is 132 Å². The number of nitrogens with zero attached hydrogens (tertiary/aromatic N) is 3. The third-order valence-electron chi connectivity index (χ3n) is 3.65. The van der Waals surface area contributed by atoms with Crippen LogP contribution in [0.1, 0.15) is 21.7 Å². The minimum Gasteiger partial charge on any atom is -0.351 e. The highest BCUT2D eigenvalue weighted by atomic mass is 32.1. The van der Waals surface area contributed by atoms with Crippen LogP contribution in [0.15, 0.2) is 36.5 Å². The maximum Gasteiger partial charge on any atom is 0.264 e. The van der Waals surface area contributed by atoms with Gasteiger partial charge in [-0.05, 0) is 17.1 Å². The molecule has 1 aliphatic heterocycles. The lowest BCUT2D eigenvalue weighted by Gasteiger charge is -2.16. The highest BCUT2D eigenvalue weighted by Gasteiger charge is 2.29. The van der Waals surface area contributed by atoms with Crippen LogP contribution in [-0.2, 0) is 11.3 Å². The average molecular weight is 316 g/mol. The number of hydrogen-bond donors (Lipinski definition) is 1. The fraction of sp³-hybridized carbons (Fsp3) is 0.333. The molecule has 2 amide bonds. The molecule has 1 atom stereocenters. The first-order chi connectivity index (χ1) is 10.7.